The van der Waals surface area contributed by atoms with Gasteiger partial charge in [-0.05, 0) is 32.3 Å². The van der Waals surface area contributed by atoms with Crippen LogP contribution < -0.4 is 0 Å². The third-order valence-electron chi connectivity index (χ3n) is 4.19. The van der Waals surface area contributed by atoms with Crippen molar-refractivity contribution in [3.63, 3.8) is 0 Å². The van der Waals surface area contributed by atoms with Gasteiger partial charge in [-0.2, -0.15) is 0 Å². The molecule has 2 aliphatic heterocycles. The van der Waals surface area contributed by atoms with Crippen LogP contribution in [-0.4, -0.2) is 51.6 Å². The van der Waals surface area contributed by atoms with Crippen molar-refractivity contribution in [2.24, 2.45) is 0 Å². The van der Waals surface area contributed by atoms with E-state index in [1.165, 1.54) is 18.5 Å². The zero-order chi connectivity index (χ0) is 15.0. The van der Waals surface area contributed by atoms with Gasteiger partial charge >= 0.3 is 0 Å². The van der Waals surface area contributed by atoms with Gasteiger partial charge in [0.2, 0.25) is 5.91 Å². The zero-order valence-corrected chi connectivity index (χ0v) is 11.9. The molecule has 0 N–H and O–H groups in total. The molecule has 6 heteroatoms. The van der Waals surface area contributed by atoms with E-state index < -0.39 is 11.8 Å². The molecule has 110 valence electrons. The van der Waals surface area contributed by atoms with Crippen molar-refractivity contribution in [1.82, 2.24) is 14.8 Å². The predicted molar refractivity (Wildman–Crippen MR) is 74.6 cm³/mol. The highest BCUT2D eigenvalue weighted by Crippen LogP contribution is 2.22. The summed E-state index contributed by atoms with van der Waals surface area (Å²) in [6, 6.07) is 1.69. The lowest BCUT2D eigenvalue weighted by atomic mass is 10.0. The first-order valence-corrected chi connectivity index (χ1v) is 7.19. The first-order valence-electron chi connectivity index (χ1n) is 7.19. The van der Waals surface area contributed by atoms with E-state index in [2.05, 4.69) is 4.98 Å². The summed E-state index contributed by atoms with van der Waals surface area (Å²) in [5.74, 6) is -0.999. The number of likely N-dealkylation sites (tertiary alicyclic amines) is 1. The van der Waals surface area contributed by atoms with Crippen LogP contribution >= 0.6 is 0 Å². The molecule has 0 bridgehead atoms. The molecular formula is C15H17N3O3. The number of pyridine rings is 1. The molecule has 3 amide bonds. The van der Waals surface area contributed by atoms with Crippen molar-refractivity contribution in [3.05, 3.63) is 29.6 Å². The Kier molecular flexibility index (Phi) is 3.45. The fourth-order valence-corrected chi connectivity index (χ4v) is 2.97. The van der Waals surface area contributed by atoms with Gasteiger partial charge in [-0.3, -0.25) is 24.3 Å². The molecule has 1 unspecified atom stereocenters. The van der Waals surface area contributed by atoms with Gasteiger partial charge in [-0.1, -0.05) is 0 Å². The van der Waals surface area contributed by atoms with Crippen LogP contribution in [0, 0.1) is 0 Å². The Labute approximate surface area is 122 Å². The Bertz CT molecular complexity index is 579. The van der Waals surface area contributed by atoms with Gasteiger partial charge in [-0.15, -0.1) is 0 Å². The molecule has 21 heavy (non-hydrogen) atoms. The fraction of sp³-hybridized carbons (Fsp3) is 0.467. The summed E-state index contributed by atoms with van der Waals surface area (Å²) in [7, 11) is 0. The Morgan fingerprint density at radius 3 is 2.76 bits per heavy atom. The molecule has 0 spiro atoms. The van der Waals surface area contributed by atoms with Gasteiger partial charge in [0.1, 0.15) is 6.54 Å². The van der Waals surface area contributed by atoms with Crippen LogP contribution in [0.25, 0.3) is 0 Å². The van der Waals surface area contributed by atoms with E-state index in [-0.39, 0.29) is 24.1 Å². The molecule has 2 aliphatic rings. The van der Waals surface area contributed by atoms with Crippen LogP contribution in [0.2, 0.25) is 0 Å². The number of hydrogen-bond acceptors (Lipinski definition) is 4. The molecule has 0 aliphatic carbocycles. The van der Waals surface area contributed by atoms with Gasteiger partial charge < -0.3 is 4.90 Å². The van der Waals surface area contributed by atoms with Gasteiger partial charge in [0.25, 0.3) is 11.8 Å². The second-order valence-electron chi connectivity index (χ2n) is 5.55. The summed E-state index contributed by atoms with van der Waals surface area (Å²) in [5, 5.41) is 0. The number of imide groups is 1. The van der Waals surface area contributed by atoms with Crippen molar-refractivity contribution in [2.45, 2.75) is 32.2 Å². The SMILES string of the molecule is CC1CCCCN1C(=O)CN1C(=O)c2ccncc2C1=O. The van der Waals surface area contributed by atoms with Gasteiger partial charge in [-0.25, -0.2) is 0 Å². The highest BCUT2D eigenvalue weighted by Gasteiger charge is 2.38. The number of aromatic nitrogens is 1. The molecular weight excluding hydrogens is 270 g/mol. The number of fused-ring (bicyclic) bond motifs is 1. The third-order valence-corrected chi connectivity index (χ3v) is 4.19. The zero-order valence-electron chi connectivity index (χ0n) is 11.9. The summed E-state index contributed by atoms with van der Waals surface area (Å²) < 4.78 is 0. The fourth-order valence-electron chi connectivity index (χ4n) is 2.97. The number of rotatable bonds is 2. The summed E-state index contributed by atoms with van der Waals surface area (Å²) in [6.45, 7) is 2.52. The van der Waals surface area contributed by atoms with Gasteiger partial charge in [0.05, 0.1) is 11.1 Å². The minimum absolute atomic E-state index is 0.162. The summed E-state index contributed by atoms with van der Waals surface area (Å²) in [4.78, 5) is 43.4. The highest BCUT2D eigenvalue weighted by molar-refractivity contribution is 6.22. The van der Waals surface area contributed by atoms with Crippen molar-refractivity contribution in [3.8, 4) is 0 Å². The number of nitrogens with zero attached hydrogens (tertiary/aromatic N) is 3. The number of hydrogen-bond donors (Lipinski definition) is 0. The lowest BCUT2D eigenvalue weighted by Crippen LogP contribution is -2.48. The van der Waals surface area contributed by atoms with Crippen LogP contribution in [0.15, 0.2) is 18.5 Å². The lowest BCUT2D eigenvalue weighted by molar-refractivity contribution is -0.134. The second-order valence-corrected chi connectivity index (χ2v) is 5.55. The van der Waals surface area contributed by atoms with Crippen molar-refractivity contribution in [2.75, 3.05) is 13.1 Å². The predicted octanol–water partition coefficient (Wildman–Crippen LogP) is 1.08. The quantitative estimate of drug-likeness (QED) is 0.763. The minimum atomic E-state index is -0.430. The van der Waals surface area contributed by atoms with E-state index in [1.54, 1.807) is 4.90 Å². The van der Waals surface area contributed by atoms with E-state index in [4.69, 9.17) is 0 Å². The Morgan fingerprint density at radius 1 is 1.29 bits per heavy atom. The molecule has 1 aromatic rings. The number of amides is 3. The third kappa shape index (κ3) is 2.30. The number of carbonyl (C=O) groups is 3. The first kappa shape index (κ1) is 13.7. The standard InChI is InChI=1S/C15H17N3O3/c1-10-4-2-3-7-17(10)13(19)9-18-14(20)11-5-6-16-8-12(11)15(18)21/h5-6,8,10H,2-4,7,9H2,1H3. The van der Waals surface area contributed by atoms with E-state index in [9.17, 15) is 14.4 Å². The van der Waals surface area contributed by atoms with E-state index in [1.807, 2.05) is 6.92 Å². The smallest absolute Gasteiger partial charge is 0.263 e. The summed E-state index contributed by atoms with van der Waals surface area (Å²) in [5.41, 5.74) is 0.608. The van der Waals surface area contributed by atoms with Crippen LogP contribution in [0.5, 0.6) is 0 Å². The normalized spacial score (nSPS) is 21.7. The van der Waals surface area contributed by atoms with Gasteiger partial charge in [0, 0.05) is 25.0 Å². The molecule has 3 heterocycles. The average molecular weight is 287 g/mol. The summed E-state index contributed by atoms with van der Waals surface area (Å²) >= 11 is 0. The maximum Gasteiger partial charge on any atom is 0.263 e. The Morgan fingerprint density at radius 2 is 2.05 bits per heavy atom. The molecule has 0 radical (unpaired) electrons. The molecule has 3 rings (SSSR count). The monoisotopic (exact) mass is 287 g/mol. The van der Waals surface area contributed by atoms with Crippen molar-refractivity contribution in [1.29, 1.82) is 0 Å². The first-order chi connectivity index (χ1) is 10.1. The molecule has 0 saturated carbocycles. The minimum Gasteiger partial charge on any atom is -0.338 e. The van der Waals surface area contributed by atoms with Crippen molar-refractivity contribution >= 4 is 17.7 Å². The van der Waals surface area contributed by atoms with E-state index in [0.29, 0.717) is 12.1 Å². The van der Waals surface area contributed by atoms with Crippen LogP contribution in [0.4, 0.5) is 0 Å². The number of carbonyl (C=O) groups excluding carboxylic acids is 3. The van der Waals surface area contributed by atoms with E-state index >= 15 is 0 Å². The summed E-state index contributed by atoms with van der Waals surface area (Å²) in [6.07, 6.45) is 5.91. The molecule has 1 aromatic heterocycles. The van der Waals surface area contributed by atoms with Crippen LogP contribution in [0.1, 0.15) is 46.9 Å². The molecule has 6 nitrogen and oxygen atoms in total. The highest BCUT2D eigenvalue weighted by atomic mass is 16.2. The average Bonchev–Trinajstić information content (AvgIpc) is 2.73. The maximum absolute atomic E-state index is 12.4. The van der Waals surface area contributed by atoms with Crippen LogP contribution in [-0.2, 0) is 4.79 Å². The van der Waals surface area contributed by atoms with Crippen LogP contribution in [0.3, 0.4) is 0 Å². The molecule has 1 atom stereocenters. The molecule has 0 aromatic carbocycles. The van der Waals surface area contributed by atoms with Crippen molar-refractivity contribution < 1.29 is 14.4 Å². The molecule has 1 saturated heterocycles. The second kappa shape index (κ2) is 5.27. The number of piperidine rings is 1. The topological polar surface area (TPSA) is 70.6 Å². The lowest BCUT2D eigenvalue weighted by Gasteiger charge is -2.34. The van der Waals surface area contributed by atoms with E-state index in [0.717, 1.165) is 24.2 Å². The largest absolute Gasteiger partial charge is 0.338 e. The van der Waals surface area contributed by atoms with Gasteiger partial charge in [0.15, 0.2) is 0 Å². The Balaban J connectivity index is 1.76. The Hall–Kier alpha value is -2.24. The maximum atomic E-state index is 12.4. The molecule has 1 fully saturated rings.